The summed E-state index contributed by atoms with van der Waals surface area (Å²) >= 11 is 0. The van der Waals surface area contributed by atoms with E-state index in [0.29, 0.717) is 0 Å². The van der Waals surface area contributed by atoms with Gasteiger partial charge in [-0.15, -0.1) is 0 Å². The van der Waals surface area contributed by atoms with Gasteiger partial charge in [-0.2, -0.15) is 0 Å². The molecule has 56 heavy (non-hydrogen) atoms. The molecule has 10 rings (SSSR count). The van der Waals surface area contributed by atoms with E-state index in [4.69, 9.17) is 4.99 Å². The lowest BCUT2D eigenvalue weighted by atomic mass is 9.72. The molecule has 266 valence electrons. The van der Waals surface area contributed by atoms with E-state index in [1.165, 1.54) is 65.4 Å². The Bertz CT molecular complexity index is 3020. The Morgan fingerprint density at radius 2 is 1.16 bits per heavy atom. The molecule has 0 saturated heterocycles. The molecule has 2 aliphatic carbocycles. The van der Waals surface area contributed by atoms with Crippen molar-refractivity contribution < 1.29 is 0 Å². The monoisotopic (exact) mass is 716 g/mol. The van der Waals surface area contributed by atoms with E-state index < -0.39 is 0 Å². The fraction of sp³-hybridized carbons (Fsp3) is 0.0556. The largest absolute Gasteiger partial charge is 0.340 e. The zero-order valence-electron chi connectivity index (χ0n) is 31.3. The molecule has 0 aliphatic heterocycles. The number of hydrogen-bond donors (Lipinski definition) is 1. The third-order valence-electron chi connectivity index (χ3n) is 11.3. The van der Waals surface area contributed by atoms with Crippen LogP contribution in [0.25, 0.3) is 43.8 Å². The minimum Gasteiger partial charge on any atom is -0.340 e. The summed E-state index contributed by atoms with van der Waals surface area (Å²) in [4.78, 5) is 5.13. The van der Waals surface area contributed by atoms with Crippen molar-refractivity contribution in [2.75, 3.05) is 5.32 Å². The predicted octanol–water partition coefficient (Wildman–Crippen LogP) is 12.1. The molecular weight excluding hydrogens is 677 g/mol. The Morgan fingerprint density at radius 3 is 1.91 bits per heavy atom. The van der Waals surface area contributed by atoms with Crippen LogP contribution in [0.15, 0.2) is 211 Å². The number of allylic oxidation sites excluding steroid dienone is 4. The SMILES string of the molecule is Cc1ccccc1/N=C(\Nc1ccccc1)c1ccc(-c2ccc3c(c2)=C(c2ccc4ccccc4c2)C2=CC=CCC2C=3c2ccc3ccccc3c2)cc1. The number of aliphatic imine (C=N–C) groups is 1. The average molecular weight is 717 g/mol. The van der Waals surface area contributed by atoms with Gasteiger partial charge in [0.05, 0.1) is 5.69 Å². The highest BCUT2D eigenvalue weighted by molar-refractivity contribution is 6.09. The van der Waals surface area contributed by atoms with Gasteiger partial charge in [-0.05, 0) is 126 Å². The van der Waals surface area contributed by atoms with Crippen LogP contribution in [0.1, 0.15) is 28.7 Å². The zero-order valence-corrected chi connectivity index (χ0v) is 31.3. The van der Waals surface area contributed by atoms with E-state index in [0.717, 1.165) is 40.3 Å². The molecule has 0 fully saturated rings. The van der Waals surface area contributed by atoms with Crippen molar-refractivity contribution >= 4 is 49.9 Å². The lowest BCUT2D eigenvalue weighted by Crippen LogP contribution is -2.38. The lowest BCUT2D eigenvalue weighted by Gasteiger charge is -2.31. The minimum atomic E-state index is 0.253. The molecule has 0 amide bonds. The van der Waals surface area contributed by atoms with Gasteiger partial charge in [-0.1, -0.05) is 164 Å². The van der Waals surface area contributed by atoms with Crippen LogP contribution in [0.4, 0.5) is 11.4 Å². The van der Waals surface area contributed by atoms with E-state index in [2.05, 4.69) is 188 Å². The number of aryl methyl sites for hydroxylation is 1. The Morgan fingerprint density at radius 1 is 0.536 bits per heavy atom. The van der Waals surface area contributed by atoms with E-state index in [9.17, 15) is 0 Å². The third-order valence-corrected chi connectivity index (χ3v) is 11.3. The fourth-order valence-electron chi connectivity index (χ4n) is 8.50. The summed E-state index contributed by atoms with van der Waals surface area (Å²) < 4.78 is 0. The van der Waals surface area contributed by atoms with Crippen LogP contribution in [0.3, 0.4) is 0 Å². The molecule has 0 saturated carbocycles. The van der Waals surface area contributed by atoms with Gasteiger partial charge in [-0.25, -0.2) is 4.99 Å². The maximum Gasteiger partial charge on any atom is 0.138 e. The second kappa shape index (κ2) is 14.3. The van der Waals surface area contributed by atoms with E-state index in [1.807, 2.05) is 24.3 Å². The number of fused-ring (bicyclic) bond motifs is 4. The molecule has 2 nitrogen and oxygen atoms in total. The van der Waals surface area contributed by atoms with Crippen molar-refractivity contribution in [1.82, 2.24) is 0 Å². The van der Waals surface area contributed by atoms with E-state index >= 15 is 0 Å². The summed E-state index contributed by atoms with van der Waals surface area (Å²) in [5.74, 6) is 1.07. The fourth-order valence-corrected chi connectivity index (χ4v) is 8.50. The summed E-state index contributed by atoms with van der Waals surface area (Å²) in [6, 6.07) is 65.8. The van der Waals surface area contributed by atoms with Crippen LogP contribution >= 0.6 is 0 Å². The number of benzene rings is 8. The number of amidine groups is 1. The van der Waals surface area contributed by atoms with Crippen molar-refractivity contribution in [1.29, 1.82) is 0 Å². The molecule has 8 aromatic rings. The molecule has 0 spiro atoms. The Balaban J connectivity index is 1.16. The first-order valence-corrected chi connectivity index (χ1v) is 19.5. The van der Waals surface area contributed by atoms with E-state index in [1.54, 1.807) is 0 Å². The van der Waals surface area contributed by atoms with E-state index in [-0.39, 0.29) is 5.92 Å². The molecule has 8 aromatic carbocycles. The zero-order chi connectivity index (χ0) is 37.4. The highest BCUT2D eigenvalue weighted by Crippen LogP contribution is 2.41. The highest BCUT2D eigenvalue weighted by atomic mass is 15.0. The predicted molar refractivity (Wildman–Crippen MR) is 237 cm³/mol. The highest BCUT2D eigenvalue weighted by Gasteiger charge is 2.29. The quantitative estimate of drug-likeness (QED) is 0.134. The molecule has 0 radical (unpaired) electrons. The third kappa shape index (κ3) is 6.26. The van der Waals surface area contributed by atoms with Gasteiger partial charge in [-0.3, -0.25) is 0 Å². The second-order valence-corrected chi connectivity index (χ2v) is 14.8. The molecule has 2 heteroatoms. The van der Waals surface area contributed by atoms with Gasteiger partial charge in [0.25, 0.3) is 0 Å². The number of nitrogens with one attached hydrogen (secondary N) is 1. The number of para-hydroxylation sites is 2. The van der Waals surface area contributed by atoms with Crippen LogP contribution in [0.2, 0.25) is 0 Å². The first-order valence-electron chi connectivity index (χ1n) is 19.5. The maximum atomic E-state index is 5.13. The topological polar surface area (TPSA) is 24.4 Å². The summed E-state index contributed by atoms with van der Waals surface area (Å²) in [6.45, 7) is 2.10. The number of anilines is 1. The summed E-state index contributed by atoms with van der Waals surface area (Å²) in [7, 11) is 0. The van der Waals surface area contributed by atoms with Crippen LogP contribution < -0.4 is 15.8 Å². The van der Waals surface area contributed by atoms with Crippen molar-refractivity contribution in [3.63, 3.8) is 0 Å². The molecule has 0 aromatic heterocycles. The van der Waals surface area contributed by atoms with Crippen molar-refractivity contribution in [2.24, 2.45) is 10.9 Å². The van der Waals surface area contributed by atoms with Gasteiger partial charge in [0.1, 0.15) is 5.84 Å². The molecule has 0 heterocycles. The van der Waals surface area contributed by atoms with Gasteiger partial charge in [0, 0.05) is 17.2 Å². The maximum absolute atomic E-state index is 5.13. The summed E-state index contributed by atoms with van der Waals surface area (Å²) in [5.41, 5.74) is 13.1. The van der Waals surface area contributed by atoms with Gasteiger partial charge >= 0.3 is 0 Å². The summed E-state index contributed by atoms with van der Waals surface area (Å²) in [6.07, 6.45) is 7.91. The van der Waals surface area contributed by atoms with Crippen molar-refractivity contribution in [3.05, 3.63) is 238 Å². The average Bonchev–Trinajstić information content (AvgIpc) is 3.26. The van der Waals surface area contributed by atoms with Gasteiger partial charge in [0.15, 0.2) is 0 Å². The normalized spacial score (nSPS) is 15.1. The molecule has 2 aliphatic rings. The molecule has 0 bridgehead atoms. The minimum absolute atomic E-state index is 0.253. The molecule has 1 atom stereocenters. The Labute approximate surface area is 327 Å². The molecule has 1 N–H and O–H groups in total. The summed E-state index contributed by atoms with van der Waals surface area (Å²) in [5, 5.41) is 11.2. The first-order chi connectivity index (χ1) is 27.7. The van der Waals surface area contributed by atoms with Crippen LogP contribution in [0.5, 0.6) is 0 Å². The Hall–Kier alpha value is -7.03. The van der Waals surface area contributed by atoms with Gasteiger partial charge in [0.2, 0.25) is 0 Å². The lowest BCUT2D eigenvalue weighted by molar-refractivity contribution is 0.798. The standard InChI is InChI=1S/C54H40N2/c1-36-13-5-12-22-51(36)56-54(55-46-18-3-2-4-19-46)40-27-23-39(24-28-40)43-31-32-49-50(35-43)53(45-30-26-38-15-7-9-17-42(38)34-45)48-21-11-10-20-47(48)52(49)44-29-25-37-14-6-8-16-41(37)33-44/h2-19,21-35,47H,20H2,1H3,(H,55,56). The van der Waals surface area contributed by atoms with Crippen LogP contribution in [0, 0.1) is 12.8 Å². The number of hydrogen-bond acceptors (Lipinski definition) is 1. The van der Waals surface area contributed by atoms with Crippen molar-refractivity contribution in [2.45, 2.75) is 13.3 Å². The number of rotatable bonds is 6. The first kappa shape index (κ1) is 33.5. The van der Waals surface area contributed by atoms with Crippen LogP contribution in [-0.4, -0.2) is 5.84 Å². The number of nitrogens with zero attached hydrogens (tertiary/aromatic N) is 1. The van der Waals surface area contributed by atoms with Crippen LogP contribution in [-0.2, 0) is 0 Å². The Kier molecular flexibility index (Phi) is 8.57. The van der Waals surface area contributed by atoms with Gasteiger partial charge < -0.3 is 5.32 Å². The molecular formula is C54H40N2. The smallest absolute Gasteiger partial charge is 0.138 e. The van der Waals surface area contributed by atoms with Crippen molar-refractivity contribution in [3.8, 4) is 11.1 Å². The molecule has 1 unspecified atom stereocenters. The second-order valence-electron chi connectivity index (χ2n) is 14.8.